The van der Waals surface area contributed by atoms with Crippen molar-refractivity contribution in [1.82, 2.24) is 23.4 Å². The molecule has 0 aliphatic rings. The quantitative estimate of drug-likeness (QED) is 0.102. The Balaban J connectivity index is 0.000000224. The molecular weight excluding hydrogens is 642 g/mol. The van der Waals surface area contributed by atoms with Crippen LogP contribution in [0.2, 0.25) is 33.2 Å². The summed E-state index contributed by atoms with van der Waals surface area (Å²) in [6.07, 6.45) is 11.5. The molecule has 0 aliphatic carbocycles. The molecule has 0 fully saturated rings. The van der Waals surface area contributed by atoms with E-state index >= 15 is 0 Å². The van der Waals surface area contributed by atoms with E-state index in [-0.39, 0.29) is 0 Å². The zero-order chi connectivity index (χ0) is 35.6. The molecule has 8 heteroatoms. The molecule has 0 spiro atoms. The number of rotatable bonds is 11. The molecule has 0 aromatic carbocycles. The number of fused-ring (bicyclic) bond motifs is 2. The average Bonchev–Trinajstić information content (AvgIpc) is 3.57. The maximum absolute atomic E-state index is 6.18. The minimum atomic E-state index is -1.83. The van der Waals surface area contributed by atoms with Crippen molar-refractivity contribution in [3.8, 4) is 0 Å². The average molecular weight is 703 g/mol. The van der Waals surface area contributed by atoms with Gasteiger partial charge >= 0.3 is 0 Å². The molecular formula is C40H60ClN5Si2. The summed E-state index contributed by atoms with van der Waals surface area (Å²) in [5.74, 6) is 0.550. The molecule has 0 bridgehead atoms. The topological polar surface area (TPSA) is 48.5 Å². The first-order valence-corrected chi connectivity index (χ1v) is 22.9. The minimum absolute atomic E-state index is 0.550. The van der Waals surface area contributed by atoms with E-state index in [4.69, 9.17) is 21.6 Å². The van der Waals surface area contributed by atoms with Crippen LogP contribution in [0.5, 0.6) is 0 Å². The van der Waals surface area contributed by atoms with Gasteiger partial charge in [-0.3, -0.25) is 4.98 Å². The molecule has 5 nitrogen and oxygen atoms in total. The Morgan fingerprint density at radius 3 is 1.38 bits per heavy atom. The molecule has 48 heavy (non-hydrogen) atoms. The van der Waals surface area contributed by atoms with E-state index in [0.29, 0.717) is 39.1 Å². The van der Waals surface area contributed by atoms with Crippen LogP contribution in [0.3, 0.4) is 0 Å². The van der Waals surface area contributed by atoms with Gasteiger partial charge in [0, 0.05) is 59.8 Å². The van der Waals surface area contributed by atoms with Crippen LogP contribution in [-0.2, 0) is 12.3 Å². The lowest BCUT2D eigenvalue weighted by Gasteiger charge is -2.44. The molecule has 0 radical (unpaired) electrons. The molecule has 0 unspecified atom stereocenters. The fraction of sp³-hybridized carbons (Fsp3) is 0.525. The summed E-state index contributed by atoms with van der Waals surface area (Å²) in [5, 5.41) is 2.50. The summed E-state index contributed by atoms with van der Waals surface area (Å²) < 4.78 is 5.17. The highest BCUT2D eigenvalue weighted by Gasteiger charge is 2.47. The van der Waals surface area contributed by atoms with Crippen LogP contribution < -0.4 is 0 Å². The maximum Gasteiger partial charge on any atom is 0.171 e. The lowest BCUT2D eigenvalue weighted by molar-refractivity contribution is 0.769. The molecule has 0 atom stereocenters. The molecule has 5 aromatic rings. The summed E-state index contributed by atoms with van der Waals surface area (Å²) >= 11 is 6.18. The van der Waals surface area contributed by atoms with Crippen LogP contribution in [-0.4, -0.2) is 39.9 Å². The molecule has 0 N–H and O–H groups in total. The second kappa shape index (κ2) is 15.4. The van der Waals surface area contributed by atoms with Crippen LogP contribution in [0.15, 0.2) is 67.4 Å². The number of hydrogen-bond acceptors (Lipinski definition) is 3. The summed E-state index contributed by atoms with van der Waals surface area (Å²) in [5.41, 5.74) is 11.1. The predicted molar refractivity (Wildman–Crippen MR) is 214 cm³/mol. The zero-order valence-corrected chi connectivity index (χ0v) is 34.6. The zero-order valence-electron chi connectivity index (χ0n) is 31.8. The summed E-state index contributed by atoms with van der Waals surface area (Å²) in [6, 6.07) is 12.7. The number of pyridine rings is 3. The van der Waals surface area contributed by atoms with E-state index in [1.807, 2.05) is 31.6 Å². The van der Waals surface area contributed by atoms with Gasteiger partial charge in [0.25, 0.3) is 0 Å². The SMILES string of the molecule is CC(C)[Si](C(C)C)(C(C)C)n1cc(CCl)c2cccnc21.Cc1ccc(Cc2cn([Si](C(C)C)(C(C)C)C(C)C)c3ncccc23)cn1. The van der Waals surface area contributed by atoms with Crippen molar-refractivity contribution in [3.63, 3.8) is 0 Å². The van der Waals surface area contributed by atoms with Gasteiger partial charge in [0.15, 0.2) is 16.5 Å². The second-order valence-electron chi connectivity index (χ2n) is 15.6. The Bertz CT molecular complexity index is 1740. The molecule has 260 valence electrons. The van der Waals surface area contributed by atoms with Crippen molar-refractivity contribution in [2.45, 2.75) is 136 Å². The first-order chi connectivity index (χ1) is 22.6. The van der Waals surface area contributed by atoms with Gasteiger partial charge in [-0.2, -0.15) is 0 Å². The Labute approximate surface area is 297 Å². The van der Waals surface area contributed by atoms with Crippen LogP contribution >= 0.6 is 11.6 Å². The number of aryl methyl sites for hydroxylation is 1. The third-order valence-electron chi connectivity index (χ3n) is 11.2. The van der Waals surface area contributed by atoms with Crippen LogP contribution in [0.4, 0.5) is 0 Å². The van der Waals surface area contributed by atoms with Crippen molar-refractivity contribution in [1.29, 1.82) is 0 Å². The number of aromatic nitrogens is 5. The van der Waals surface area contributed by atoms with Gasteiger partial charge in [-0.15, -0.1) is 11.6 Å². The number of nitrogens with zero attached hydrogens (tertiary/aromatic N) is 5. The first kappa shape index (κ1) is 38.1. The van der Waals surface area contributed by atoms with Gasteiger partial charge < -0.3 is 8.47 Å². The van der Waals surface area contributed by atoms with E-state index in [2.05, 4.69) is 139 Å². The smallest absolute Gasteiger partial charge is 0.171 e. The molecule has 0 saturated carbocycles. The first-order valence-electron chi connectivity index (χ1n) is 18.0. The van der Waals surface area contributed by atoms with Crippen molar-refractivity contribution < 1.29 is 0 Å². The second-order valence-corrected chi connectivity index (χ2v) is 27.3. The van der Waals surface area contributed by atoms with Gasteiger partial charge in [0.05, 0.1) is 0 Å². The maximum atomic E-state index is 6.18. The van der Waals surface area contributed by atoms with Crippen molar-refractivity contribution in [2.75, 3.05) is 0 Å². The van der Waals surface area contributed by atoms with Gasteiger partial charge in [0.2, 0.25) is 0 Å². The predicted octanol–water partition coefficient (Wildman–Crippen LogP) is 12.2. The number of halogens is 1. The normalized spacial score (nSPS) is 12.8. The fourth-order valence-corrected chi connectivity index (χ4v) is 23.0. The summed E-state index contributed by atoms with van der Waals surface area (Å²) in [4.78, 5) is 14.0. The minimum Gasteiger partial charge on any atom is -0.358 e. The Morgan fingerprint density at radius 1 is 0.583 bits per heavy atom. The Hall–Kier alpha value is -2.75. The Kier molecular flexibility index (Phi) is 12.2. The van der Waals surface area contributed by atoms with E-state index in [0.717, 1.165) is 23.4 Å². The Morgan fingerprint density at radius 2 is 1.00 bits per heavy atom. The number of alkyl halides is 1. The van der Waals surface area contributed by atoms with Crippen molar-refractivity contribution in [3.05, 3.63) is 89.8 Å². The molecule has 0 aliphatic heterocycles. The summed E-state index contributed by atoms with van der Waals surface area (Å²) in [6.45, 7) is 30.7. The van der Waals surface area contributed by atoms with Gasteiger partial charge in [-0.05, 0) is 87.2 Å². The van der Waals surface area contributed by atoms with Gasteiger partial charge in [-0.1, -0.05) is 89.2 Å². The largest absolute Gasteiger partial charge is 0.358 e. The van der Waals surface area contributed by atoms with Crippen LogP contribution in [0.1, 0.15) is 105 Å². The molecule has 5 rings (SSSR count). The third-order valence-corrected chi connectivity index (χ3v) is 24.9. The molecule has 0 amide bonds. The van der Waals surface area contributed by atoms with Crippen molar-refractivity contribution >= 4 is 50.1 Å². The number of hydrogen-bond donors (Lipinski definition) is 0. The van der Waals surface area contributed by atoms with E-state index < -0.39 is 16.5 Å². The van der Waals surface area contributed by atoms with E-state index in [9.17, 15) is 0 Å². The highest BCUT2D eigenvalue weighted by molar-refractivity contribution is 6.83. The third kappa shape index (κ3) is 6.71. The lowest BCUT2D eigenvalue weighted by atomic mass is 10.1. The highest BCUT2D eigenvalue weighted by Crippen LogP contribution is 2.46. The molecule has 5 aromatic heterocycles. The monoisotopic (exact) mass is 701 g/mol. The van der Waals surface area contributed by atoms with Gasteiger partial charge in [0.1, 0.15) is 11.3 Å². The fourth-order valence-electron chi connectivity index (χ4n) is 9.58. The highest BCUT2D eigenvalue weighted by atomic mass is 35.5. The van der Waals surface area contributed by atoms with E-state index in [1.54, 1.807) is 0 Å². The summed E-state index contributed by atoms with van der Waals surface area (Å²) in [7, 11) is -3.60. The van der Waals surface area contributed by atoms with Crippen molar-refractivity contribution in [2.24, 2.45) is 0 Å². The standard InChI is InChI=1S/C23H33N3Si.C17H27ClN2Si/c1-16(2)27(17(3)4,18(5)6)26-15-21(22-9-8-12-24-23(22)26)13-20-11-10-19(7)25-14-20;1-12(2)21(13(3)4,14(5)6)20-11-15(10-18)16-8-7-9-19-17(16)20/h8-12,14-18H,13H2,1-7H3;7-9,11-14H,10H2,1-6H3. The van der Waals surface area contributed by atoms with Gasteiger partial charge in [-0.25, -0.2) is 9.97 Å². The molecule has 5 heterocycles. The molecule has 0 saturated heterocycles. The lowest BCUT2D eigenvalue weighted by Crippen LogP contribution is -2.51. The van der Waals surface area contributed by atoms with Crippen LogP contribution in [0.25, 0.3) is 22.1 Å². The van der Waals surface area contributed by atoms with Crippen LogP contribution in [0, 0.1) is 6.92 Å². The van der Waals surface area contributed by atoms with E-state index in [1.165, 1.54) is 27.5 Å².